The third kappa shape index (κ3) is 5.39. The van der Waals surface area contributed by atoms with Crippen LogP contribution >= 0.6 is 23.4 Å². The Bertz CT molecular complexity index is 839. The molecule has 2 N–H and O–H groups in total. The molecule has 0 radical (unpaired) electrons. The standard InChI is InChI=1S/C21H25ClFNO2S/c1-12(2)16-8-14(5-6-18(16)25)9-17-13(3)7-15(21(23)20(17)22)10-27-11-19(26)24-4/h5-8,12,25H,9-11H2,1-4H3,(H,24,26). The zero-order valence-corrected chi connectivity index (χ0v) is 17.6. The average Bonchev–Trinajstić information content (AvgIpc) is 2.63. The molecular weight excluding hydrogens is 385 g/mol. The summed E-state index contributed by atoms with van der Waals surface area (Å²) in [6.07, 6.45) is 0.493. The van der Waals surface area contributed by atoms with Crippen LogP contribution in [0.4, 0.5) is 4.39 Å². The fourth-order valence-corrected chi connectivity index (χ4v) is 4.09. The molecule has 0 aliphatic carbocycles. The summed E-state index contributed by atoms with van der Waals surface area (Å²) in [5.41, 5.74) is 4.00. The molecule has 146 valence electrons. The molecule has 6 heteroatoms. The zero-order valence-electron chi connectivity index (χ0n) is 16.0. The van der Waals surface area contributed by atoms with Crippen molar-refractivity contribution in [2.24, 2.45) is 0 Å². The van der Waals surface area contributed by atoms with Crippen molar-refractivity contribution in [1.82, 2.24) is 5.32 Å². The van der Waals surface area contributed by atoms with Gasteiger partial charge < -0.3 is 10.4 Å². The van der Waals surface area contributed by atoms with E-state index in [-0.39, 0.29) is 28.4 Å². The number of nitrogens with one attached hydrogen (secondary N) is 1. The molecule has 0 unspecified atom stereocenters. The topological polar surface area (TPSA) is 49.3 Å². The molecule has 0 aromatic heterocycles. The van der Waals surface area contributed by atoms with Crippen LogP contribution in [0.3, 0.4) is 0 Å². The van der Waals surface area contributed by atoms with Crippen molar-refractivity contribution in [1.29, 1.82) is 0 Å². The number of benzene rings is 2. The van der Waals surface area contributed by atoms with Crippen LogP contribution in [0.15, 0.2) is 24.3 Å². The van der Waals surface area contributed by atoms with Gasteiger partial charge in [-0.15, -0.1) is 11.8 Å². The van der Waals surface area contributed by atoms with E-state index in [0.29, 0.717) is 17.7 Å². The number of carbonyl (C=O) groups is 1. The smallest absolute Gasteiger partial charge is 0.229 e. The van der Waals surface area contributed by atoms with Crippen LogP contribution in [0.2, 0.25) is 5.02 Å². The van der Waals surface area contributed by atoms with E-state index in [9.17, 15) is 14.3 Å². The fraction of sp³-hybridized carbons (Fsp3) is 0.381. The average molecular weight is 410 g/mol. The lowest BCUT2D eigenvalue weighted by Crippen LogP contribution is -2.19. The highest BCUT2D eigenvalue weighted by molar-refractivity contribution is 7.99. The number of phenols is 1. The Morgan fingerprint density at radius 3 is 2.67 bits per heavy atom. The Labute approximate surface area is 169 Å². The number of carbonyl (C=O) groups excluding carboxylic acids is 1. The predicted octanol–water partition coefficient (Wildman–Crippen LogP) is 5.19. The summed E-state index contributed by atoms with van der Waals surface area (Å²) in [5.74, 6) is 0.610. The minimum atomic E-state index is -0.426. The second kappa shape index (κ2) is 9.47. The van der Waals surface area contributed by atoms with Gasteiger partial charge in [0.05, 0.1) is 10.8 Å². The largest absolute Gasteiger partial charge is 0.508 e. The van der Waals surface area contributed by atoms with E-state index < -0.39 is 5.82 Å². The van der Waals surface area contributed by atoms with E-state index in [0.717, 1.165) is 22.3 Å². The normalized spacial score (nSPS) is 11.1. The number of halogens is 2. The summed E-state index contributed by atoms with van der Waals surface area (Å²) in [4.78, 5) is 11.3. The molecule has 3 nitrogen and oxygen atoms in total. The quantitative estimate of drug-likeness (QED) is 0.661. The highest BCUT2D eigenvalue weighted by Gasteiger charge is 2.16. The van der Waals surface area contributed by atoms with E-state index >= 15 is 0 Å². The highest BCUT2D eigenvalue weighted by Crippen LogP contribution is 2.32. The van der Waals surface area contributed by atoms with E-state index in [1.165, 1.54) is 11.8 Å². The summed E-state index contributed by atoms with van der Waals surface area (Å²) in [5, 5.41) is 12.7. The molecule has 2 aromatic rings. The fourth-order valence-electron chi connectivity index (χ4n) is 2.89. The monoisotopic (exact) mass is 409 g/mol. The molecule has 1 amide bonds. The summed E-state index contributed by atoms with van der Waals surface area (Å²) in [6, 6.07) is 7.26. The van der Waals surface area contributed by atoms with Gasteiger partial charge in [0.1, 0.15) is 11.6 Å². The van der Waals surface area contributed by atoms with Crippen molar-refractivity contribution in [2.75, 3.05) is 12.8 Å². The molecule has 0 heterocycles. The molecule has 0 fully saturated rings. The lowest BCUT2D eigenvalue weighted by atomic mass is 9.94. The number of hydrogen-bond donors (Lipinski definition) is 2. The lowest BCUT2D eigenvalue weighted by Gasteiger charge is -2.15. The molecule has 0 saturated heterocycles. The molecule has 0 saturated carbocycles. The Hall–Kier alpha value is -1.72. The van der Waals surface area contributed by atoms with E-state index in [1.807, 2.05) is 32.9 Å². The number of rotatable bonds is 7. The second-order valence-electron chi connectivity index (χ2n) is 6.85. The van der Waals surface area contributed by atoms with Gasteiger partial charge in [-0.2, -0.15) is 0 Å². The van der Waals surface area contributed by atoms with Gasteiger partial charge in [-0.05, 0) is 53.1 Å². The predicted molar refractivity (Wildman–Crippen MR) is 111 cm³/mol. The Morgan fingerprint density at radius 1 is 1.33 bits per heavy atom. The third-order valence-corrected chi connectivity index (χ3v) is 5.85. The van der Waals surface area contributed by atoms with Crippen LogP contribution in [-0.4, -0.2) is 23.8 Å². The first-order valence-corrected chi connectivity index (χ1v) is 10.3. The summed E-state index contributed by atoms with van der Waals surface area (Å²) in [7, 11) is 1.58. The van der Waals surface area contributed by atoms with Crippen molar-refractivity contribution >= 4 is 29.3 Å². The maximum absolute atomic E-state index is 14.7. The zero-order chi connectivity index (χ0) is 20.1. The number of aryl methyl sites for hydroxylation is 1. The SMILES string of the molecule is CNC(=O)CSCc1cc(C)c(Cc2ccc(O)c(C(C)C)c2)c(Cl)c1F. The van der Waals surface area contributed by atoms with Gasteiger partial charge in [-0.1, -0.05) is 43.6 Å². The van der Waals surface area contributed by atoms with Gasteiger partial charge >= 0.3 is 0 Å². The van der Waals surface area contributed by atoms with Crippen LogP contribution in [0.1, 0.15) is 47.6 Å². The van der Waals surface area contributed by atoms with Crippen LogP contribution < -0.4 is 5.32 Å². The molecule has 2 aromatic carbocycles. The van der Waals surface area contributed by atoms with Gasteiger partial charge in [0.15, 0.2) is 0 Å². The third-order valence-electron chi connectivity index (χ3n) is 4.47. The van der Waals surface area contributed by atoms with Gasteiger partial charge in [-0.3, -0.25) is 4.79 Å². The molecule has 0 atom stereocenters. The van der Waals surface area contributed by atoms with Gasteiger partial charge in [0.2, 0.25) is 5.91 Å². The van der Waals surface area contributed by atoms with Gasteiger partial charge in [0.25, 0.3) is 0 Å². The van der Waals surface area contributed by atoms with Crippen LogP contribution in [-0.2, 0) is 17.0 Å². The van der Waals surface area contributed by atoms with E-state index in [1.54, 1.807) is 19.2 Å². The Kier molecular flexibility index (Phi) is 7.57. The van der Waals surface area contributed by atoms with Crippen molar-refractivity contribution < 1.29 is 14.3 Å². The summed E-state index contributed by atoms with van der Waals surface area (Å²) in [6.45, 7) is 5.95. The molecule has 0 spiro atoms. The van der Waals surface area contributed by atoms with E-state index in [4.69, 9.17) is 11.6 Å². The highest BCUT2D eigenvalue weighted by atomic mass is 35.5. The number of phenolic OH excluding ortho intramolecular Hbond substituents is 1. The van der Waals surface area contributed by atoms with Crippen molar-refractivity contribution in [3.05, 3.63) is 62.9 Å². The minimum Gasteiger partial charge on any atom is -0.508 e. The number of aromatic hydroxyl groups is 1. The summed E-state index contributed by atoms with van der Waals surface area (Å²) < 4.78 is 14.7. The van der Waals surface area contributed by atoms with Crippen molar-refractivity contribution in [2.45, 2.75) is 38.9 Å². The molecule has 0 bridgehead atoms. The maximum atomic E-state index is 14.7. The molecule has 0 aliphatic rings. The van der Waals surface area contributed by atoms with Crippen LogP contribution in [0.25, 0.3) is 0 Å². The minimum absolute atomic E-state index is 0.0897. The molecular formula is C21H25ClFNO2S. The van der Waals surface area contributed by atoms with Crippen molar-refractivity contribution in [3.8, 4) is 5.75 Å². The maximum Gasteiger partial charge on any atom is 0.229 e. The Balaban J connectivity index is 2.25. The number of hydrogen-bond acceptors (Lipinski definition) is 3. The van der Waals surface area contributed by atoms with Crippen LogP contribution in [0, 0.1) is 12.7 Å². The lowest BCUT2D eigenvalue weighted by molar-refractivity contribution is -0.118. The first-order valence-electron chi connectivity index (χ1n) is 8.81. The van der Waals surface area contributed by atoms with Gasteiger partial charge in [-0.25, -0.2) is 4.39 Å². The second-order valence-corrected chi connectivity index (χ2v) is 8.21. The molecule has 0 aliphatic heterocycles. The number of thioether (sulfide) groups is 1. The molecule has 2 rings (SSSR count). The number of amides is 1. The van der Waals surface area contributed by atoms with E-state index in [2.05, 4.69) is 5.32 Å². The van der Waals surface area contributed by atoms with Gasteiger partial charge in [0, 0.05) is 12.8 Å². The van der Waals surface area contributed by atoms with Crippen LogP contribution in [0.5, 0.6) is 5.75 Å². The molecule has 27 heavy (non-hydrogen) atoms. The van der Waals surface area contributed by atoms with Crippen molar-refractivity contribution in [3.63, 3.8) is 0 Å². The Morgan fingerprint density at radius 2 is 2.04 bits per heavy atom. The summed E-state index contributed by atoms with van der Waals surface area (Å²) >= 11 is 7.69. The first kappa shape index (κ1) is 21.6. The first-order chi connectivity index (χ1) is 12.7.